The number of thioether (sulfide) groups is 1. The number of amides is 1. The standard InChI is InChI=1S/C40H31N3O5S2/c1-24-19-30-20-28(17-18-33(30)48-24)36(44)34-35(27-13-8-15-31(21-27)47-22-25-9-3-2-4-10-25)43(38(46)37(34)45)39-41-42-40(50-39)49-23-29-14-7-12-26-11-5-6-16-32(26)29/h2-18,20-21,24,35,44H,19,22-23H2,1H3/b36-34+. The third kappa shape index (κ3) is 6.12. The van der Waals surface area contributed by atoms with Crippen molar-refractivity contribution in [3.8, 4) is 11.5 Å². The molecular weight excluding hydrogens is 667 g/mol. The number of aromatic nitrogens is 2. The van der Waals surface area contributed by atoms with Crippen LogP contribution in [0.4, 0.5) is 5.13 Å². The van der Waals surface area contributed by atoms with Crippen LogP contribution >= 0.6 is 23.1 Å². The number of carbonyl (C=O) groups is 2. The molecule has 2 aliphatic heterocycles. The van der Waals surface area contributed by atoms with Crippen molar-refractivity contribution in [3.63, 3.8) is 0 Å². The molecule has 1 saturated heterocycles. The molecule has 0 bridgehead atoms. The van der Waals surface area contributed by atoms with E-state index in [1.54, 1.807) is 18.2 Å². The van der Waals surface area contributed by atoms with Gasteiger partial charge in [0.25, 0.3) is 5.78 Å². The molecule has 0 saturated carbocycles. The molecular formula is C40H31N3O5S2. The van der Waals surface area contributed by atoms with E-state index in [0.717, 1.165) is 27.8 Å². The van der Waals surface area contributed by atoms with Gasteiger partial charge in [0.05, 0.1) is 11.6 Å². The van der Waals surface area contributed by atoms with Crippen molar-refractivity contribution in [2.75, 3.05) is 4.90 Å². The van der Waals surface area contributed by atoms with Crippen molar-refractivity contribution in [1.29, 1.82) is 0 Å². The Balaban J connectivity index is 1.15. The molecule has 0 aliphatic carbocycles. The summed E-state index contributed by atoms with van der Waals surface area (Å²) in [5.41, 5.74) is 4.09. The second-order valence-electron chi connectivity index (χ2n) is 12.2. The lowest BCUT2D eigenvalue weighted by molar-refractivity contribution is -0.132. The molecule has 3 heterocycles. The van der Waals surface area contributed by atoms with Gasteiger partial charge in [-0.05, 0) is 70.3 Å². The number of ether oxygens (including phenoxy) is 2. The number of carbonyl (C=O) groups excluding carboxylic acids is 2. The third-order valence-electron chi connectivity index (χ3n) is 8.87. The van der Waals surface area contributed by atoms with Crippen LogP contribution in [0.3, 0.4) is 0 Å². The predicted octanol–water partition coefficient (Wildman–Crippen LogP) is 8.51. The summed E-state index contributed by atoms with van der Waals surface area (Å²) in [4.78, 5) is 29.2. The van der Waals surface area contributed by atoms with E-state index in [0.29, 0.717) is 40.0 Å². The molecule has 10 heteroatoms. The number of aliphatic hydroxyl groups is 1. The number of aliphatic hydroxyl groups excluding tert-OH is 1. The van der Waals surface area contributed by atoms with Crippen LogP contribution in [-0.2, 0) is 28.4 Å². The SMILES string of the molecule is CC1Cc2cc(/C(O)=C3\C(=O)C(=O)N(c4nnc(SCc5cccc6ccccc56)s4)C3c3cccc(OCc4ccccc4)c3)ccc2O1. The molecule has 5 aromatic carbocycles. The lowest BCUT2D eigenvalue weighted by Crippen LogP contribution is -2.29. The Bertz CT molecular complexity index is 2280. The molecule has 2 unspecified atom stereocenters. The zero-order valence-corrected chi connectivity index (χ0v) is 28.6. The average Bonchev–Trinajstić information content (AvgIpc) is 3.84. The lowest BCUT2D eigenvalue weighted by atomic mass is 9.94. The Morgan fingerprint density at radius 3 is 2.62 bits per heavy atom. The molecule has 248 valence electrons. The fourth-order valence-electron chi connectivity index (χ4n) is 6.50. The molecule has 0 radical (unpaired) electrons. The van der Waals surface area contributed by atoms with Crippen LogP contribution in [-0.4, -0.2) is 33.1 Å². The monoisotopic (exact) mass is 697 g/mol. The summed E-state index contributed by atoms with van der Waals surface area (Å²) in [5.74, 6) is 0.116. The Morgan fingerprint density at radius 2 is 1.74 bits per heavy atom. The Labute approximate surface area is 297 Å². The predicted molar refractivity (Wildman–Crippen MR) is 196 cm³/mol. The summed E-state index contributed by atoms with van der Waals surface area (Å²) >= 11 is 2.76. The van der Waals surface area contributed by atoms with Gasteiger partial charge >= 0.3 is 5.91 Å². The van der Waals surface area contributed by atoms with Gasteiger partial charge in [-0.3, -0.25) is 14.5 Å². The van der Waals surface area contributed by atoms with Crippen molar-refractivity contribution in [2.24, 2.45) is 0 Å². The number of hydrogen-bond acceptors (Lipinski definition) is 9. The van der Waals surface area contributed by atoms with Gasteiger partial charge in [-0.1, -0.05) is 108 Å². The first-order valence-electron chi connectivity index (χ1n) is 16.2. The first-order valence-corrected chi connectivity index (χ1v) is 18.0. The maximum Gasteiger partial charge on any atom is 0.301 e. The van der Waals surface area contributed by atoms with Gasteiger partial charge in [0.1, 0.15) is 30.0 Å². The number of Topliss-reactive ketones (excluding diaryl/α,β-unsaturated/α-hetero) is 1. The molecule has 8 rings (SSSR count). The normalized spacial score (nSPS) is 18.0. The van der Waals surface area contributed by atoms with E-state index in [4.69, 9.17) is 9.47 Å². The van der Waals surface area contributed by atoms with E-state index in [1.165, 1.54) is 33.4 Å². The maximum atomic E-state index is 13.9. The molecule has 2 atom stereocenters. The van der Waals surface area contributed by atoms with Gasteiger partial charge in [-0.2, -0.15) is 0 Å². The lowest BCUT2D eigenvalue weighted by Gasteiger charge is -2.23. The van der Waals surface area contributed by atoms with Gasteiger partial charge in [-0.15, -0.1) is 10.2 Å². The molecule has 2 aliphatic rings. The minimum atomic E-state index is -0.970. The summed E-state index contributed by atoms with van der Waals surface area (Å²) in [6, 6.07) is 35.9. The van der Waals surface area contributed by atoms with E-state index in [-0.39, 0.29) is 22.6 Å². The first kappa shape index (κ1) is 31.8. The Morgan fingerprint density at radius 1 is 0.940 bits per heavy atom. The van der Waals surface area contributed by atoms with Crippen molar-refractivity contribution >= 4 is 56.5 Å². The quantitative estimate of drug-likeness (QED) is 0.0528. The van der Waals surface area contributed by atoms with Gasteiger partial charge in [0.15, 0.2) is 4.34 Å². The van der Waals surface area contributed by atoms with Gasteiger partial charge in [0.2, 0.25) is 5.13 Å². The van der Waals surface area contributed by atoms with Crippen molar-refractivity contribution in [1.82, 2.24) is 10.2 Å². The minimum Gasteiger partial charge on any atom is -0.507 e. The molecule has 0 spiro atoms. The summed E-state index contributed by atoms with van der Waals surface area (Å²) in [6.07, 6.45) is 0.690. The molecule has 6 aromatic rings. The largest absolute Gasteiger partial charge is 0.507 e. The van der Waals surface area contributed by atoms with Crippen molar-refractivity contribution in [2.45, 2.75) is 42.2 Å². The van der Waals surface area contributed by atoms with Crippen LogP contribution in [0.1, 0.15) is 40.8 Å². The van der Waals surface area contributed by atoms with Crippen molar-refractivity contribution in [3.05, 3.63) is 149 Å². The molecule has 8 nitrogen and oxygen atoms in total. The number of ketones is 1. The molecule has 50 heavy (non-hydrogen) atoms. The highest BCUT2D eigenvalue weighted by atomic mass is 32.2. The number of benzene rings is 5. The minimum absolute atomic E-state index is 0.0108. The summed E-state index contributed by atoms with van der Waals surface area (Å²) in [6.45, 7) is 2.32. The highest BCUT2D eigenvalue weighted by molar-refractivity contribution is 8.00. The van der Waals surface area contributed by atoms with Gasteiger partial charge < -0.3 is 14.6 Å². The van der Waals surface area contributed by atoms with Crippen LogP contribution in [0, 0.1) is 0 Å². The first-order chi connectivity index (χ1) is 24.4. The van der Waals surface area contributed by atoms with E-state index >= 15 is 0 Å². The summed E-state index contributed by atoms with van der Waals surface area (Å²) in [7, 11) is 0. The van der Waals surface area contributed by atoms with Crippen molar-refractivity contribution < 1.29 is 24.2 Å². The second kappa shape index (κ2) is 13.5. The maximum absolute atomic E-state index is 13.9. The zero-order valence-electron chi connectivity index (χ0n) is 27.0. The molecule has 1 amide bonds. The summed E-state index contributed by atoms with van der Waals surface area (Å²) < 4.78 is 12.6. The molecule has 1 N–H and O–H groups in total. The van der Waals surface area contributed by atoms with Crippen LogP contribution in [0.2, 0.25) is 0 Å². The highest BCUT2D eigenvalue weighted by Gasteiger charge is 2.48. The zero-order chi connectivity index (χ0) is 34.2. The van der Waals surface area contributed by atoms with Crippen LogP contribution in [0.25, 0.3) is 16.5 Å². The number of nitrogens with zero attached hydrogens (tertiary/aromatic N) is 3. The van der Waals surface area contributed by atoms with E-state index in [2.05, 4.69) is 34.5 Å². The topological polar surface area (TPSA) is 102 Å². The summed E-state index contributed by atoms with van der Waals surface area (Å²) in [5, 5.41) is 23.2. The number of anilines is 1. The van der Waals surface area contributed by atoms with Gasteiger partial charge in [-0.25, -0.2) is 0 Å². The smallest absolute Gasteiger partial charge is 0.301 e. The van der Waals surface area contributed by atoms with Gasteiger partial charge in [0, 0.05) is 17.7 Å². The number of rotatable bonds is 9. The number of hydrogen-bond donors (Lipinski definition) is 1. The van der Waals surface area contributed by atoms with E-state index in [9.17, 15) is 14.7 Å². The highest BCUT2D eigenvalue weighted by Crippen LogP contribution is 2.45. The Kier molecular flexibility index (Phi) is 8.56. The molecule has 1 aromatic heterocycles. The number of fused-ring (bicyclic) bond motifs is 2. The molecule has 1 fully saturated rings. The van der Waals surface area contributed by atoms with Crippen LogP contribution in [0.15, 0.2) is 125 Å². The Hall–Kier alpha value is -5.45. The fraction of sp³-hybridized carbons (Fsp3) is 0.150. The second-order valence-corrected chi connectivity index (χ2v) is 14.4. The third-order valence-corrected chi connectivity index (χ3v) is 11.0. The fourth-order valence-corrected chi connectivity index (χ4v) is 8.37. The average molecular weight is 698 g/mol. The van der Waals surface area contributed by atoms with E-state index in [1.807, 2.05) is 79.7 Å². The van der Waals surface area contributed by atoms with Crippen LogP contribution < -0.4 is 14.4 Å². The van der Waals surface area contributed by atoms with Crippen LogP contribution in [0.5, 0.6) is 11.5 Å². The van der Waals surface area contributed by atoms with E-state index < -0.39 is 17.7 Å².